The van der Waals surface area contributed by atoms with Gasteiger partial charge in [0.15, 0.2) is 0 Å². The topological polar surface area (TPSA) is 29.5 Å². The van der Waals surface area contributed by atoms with Gasteiger partial charge in [-0.3, -0.25) is 0 Å². The maximum Gasteiger partial charge on any atom is 0.126 e. The molecule has 0 bridgehead atoms. The fourth-order valence-electron chi connectivity index (χ4n) is 4.21. The summed E-state index contributed by atoms with van der Waals surface area (Å²) in [7, 11) is 0. The molecule has 1 saturated carbocycles. The first kappa shape index (κ1) is 18.1. The number of fused-ring (bicyclic) bond motifs is 3. The van der Waals surface area contributed by atoms with Gasteiger partial charge in [-0.25, -0.2) is 0 Å². The summed E-state index contributed by atoms with van der Waals surface area (Å²) in [6, 6.07) is 6.65. The number of ether oxygens (including phenoxy) is 1. The maximum absolute atomic E-state index is 10.1. The fraction of sp³-hybridized carbons (Fsp3) is 0.565. The van der Waals surface area contributed by atoms with E-state index in [0.29, 0.717) is 24.4 Å². The molecule has 3 rings (SSSR count). The predicted molar refractivity (Wildman–Crippen MR) is 103 cm³/mol. The summed E-state index contributed by atoms with van der Waals surface area (Å²) in [4.78, 5) is 0. The highest BCUT2D eigenvalue weighted by atomic mass is 16.5. The van der Waals surface area contributed by atoms with Crippen molar-refractivity contribution in [2.75, 3.05) is 0 Å². The third-order valence-electron chi connectivity index (χ3n) is 5.52. The molecule has 0 aromatic heterocycles. The van der Waals surface area contributed by atoms with Crippen LogP contribution in [-0.4, -0.2) is 17.3 Å². The highest BCUT2D eigenvalue weighted by Gasteiger charge is 2.44. The Bertz CT molecular complexity index is 664. The number of aliphatic hydroxyl groups is 1. The van der Waals surface area contributed by atoms with E-state index in [0.717, 1.165) is 31.4 Å². The number of aliphatic hydroxyl groups excluding tert-OH is 1. The minimum absolute atomic E-state index is 0.315. The Morgan fingerprint density at radius 3 is 3.04 bits per heavy atom. The molecule has 2 nitrogen and oxygen atoms in total. The SMILES string of the molecule is CC#CCCC(O)/C=C/C1CCC2Oc3c(CCCC)cccc3C12. The van der Waals surface area contributed by atoms with Crippen LogP contribution in [0.25, 0.3) is 0 Å². The molecule has 4 unspecified atom stereocenters. The molecule has 4 atom stereocenters. The van der Waals surface area contributed by atoms with E-state index < -0.39 is 6.10 Å². The normalized spacial score (nSPS) is 25.2. The van der Waals surface area contributed by atoms with Crippen LogP contribution in [0.1, 0.15) is 69.4 Å². The zero-order chi connectivity index (χ0) is 17.6. The summed E-state index contributed by atoms with van der Waals surface area (Å²) >= 11 is 0. The van der Waals surface area contributed by atoms with Crippen LogP contribution >= 0.6 is 0 Å². The van der Waals surface area contributed by atoms with Crippen molar-refractivity contribution in [3.05, 3.63) is 41.5 Å². The van der Waals surface area contributed by atoms with Crippen LogP contribution in [0, 0.1) is 17.8 Å². The third-order valence-corrected chi connectivity index (χ3v) is 5.52. The zero-order valence-electron chi connectivity index (χ0n) is 15.5. The standard InChI is InChI=1S/C23H30O2/c1-3-5-7-11-19(24)15-13-17-14-16-21-22(17)20-12-8-10-18(9-6-4-2)23(20)25-21/h8,10,12-13,15,17,19,21-22,24H,4,6-7,9,11,14,16H2,1-2H3/b15-13+. The Hall–Kier alpha value is -1.72. The Labute approximate surface area is 152 Å². The van der Waals surface area contributed by atoms with Crippen LogP contribution in [0.3, 0.4) is 0 Å². The Morgan fingerprint density at radius 2 is 2.24 bits per heavy atom. The summed E-state index contributed by atoms with van der Waals surface area (Å²) in [6.07, 6.45) is 11.4. The van der Waals surface area contributed by atoms with E-state index in [4.69, 9.17) is 4.74 Å². The molecule has 1 N–H and O–H groups in total. The summed E-state index contributed by atoms with van der Waals surface area (Å²) in [5.74, 6) is 7.98. The molecule has 0 saturated heterocycles. The molecule has 1 aromatic carbocycles. The van der Waals surface area contributed by atoms with Crippen molar-refractivity contribution in [3.63, 3.8) is 0 Å². The van der Waals surface area contributed by atoms with Gasteiger partial charge < -0.3 is 9.84 Å². The third kappa shape index (κ3) is 4.10. The Balaban J connectivity index is 1.70. The molecule has 2 heteroatoms. The number of benzene rings is 1. The van der Waals surface area contributed by atoms with Crippen molar-refractivity contribution in [3.8, 4) is 17.6 Å². The monoisotopic (exact) mass is 338 g/mol. The summed E-state index contributed by atoms with van der Waals surface area (Å²) in [5, 5.41) is 10.1. The Morgan fingerprint density at radius 1 is 1.36 bits per heavy atom. The van der Waals surface area contributed by atoms with Gasteiger partial charge in [-0.15, -0.1) is 11.8 Å². The minimum atomic E-state index is -0.391. The van der Waals surface area contributed by atoms with E-state index in [1.54, 1.807) is 0 Å². The largest absolute Gasteiger partial charge is 0.489 e. The molecule has 0 radical (unpaired) electrons. The molecule has 0 spiro atoms. The molecule has 1 fully saturated rings. The van der Waals surface area contributed by atoms with E-state index in [2.05, 4.69) is 43.0 Å². The summed E-state index contributed by atoms with van der Waals surface area (Å²) in [6.45, 7) is 4.07. The van der Waals surface area contributed by atoms with Gasteiger partial charge in [-0.2, -0.15) is 0 Å². The smallest absolute Gasteiger partial charge is 0.126 e. The second-order valence-electron chi connectivity index (χ2n) is 7.28. The number of hydrogen-bond acceptors (Lipinski definition) is 2. The molecule has 134 valence electrons. The van der Waals surface area contributed by atoms with Crippen molar-refractivity contribution >= 4 is 0 Å². The molecule has 1 heterocycles. The van der Waals surface area contributed by atoms with Crippen molar-refractivity contribution in [1.29, 1.82) is 0 Å². The average molecular weight is 338 g/mol. The molecule has 1 aromatic rings. The van der Waals surface area contributed by atoms with Gasteiger partial charge in [0.1, 0.15) is 11.9 Å². The van der Waals surface area contributed by atoms with Crippen LogP contribution in [0.2, 0.25) is 0 Å². The van der Waals surface area contributed by atoms with Gasteiger partial charge in [-0.05, 0) is 50.5 Å². The highest BCUT2D eigenvalue weighted by molar-refractivity contribution is 5.49. The first-order valence-corrected chi connectivity index (χ1v) is 9.79. The van der Waals surface area contributed by atoms with E-state index in [1.807, 2.05) is 13.0 Å². The van der Waals surface area contributed by atoms with Crippen LogP contribution in [-0.2, 0) is 6.42 Å². The van der Waals surface area contributed by atoms with Crippen molar-refractivity contribution in [2.24, 2.45) is 5.92 Å². The number of para-hydroxylation sites is 1. The van der Waals surface area contributed by atoms with Crippen molar-refractivity contribution in [2.45, 2.75) is 76.9 Å². The number of hydrogen-bond donors (Lipinski definition) is 1. The molecule has 2 aliphatic rings. The van der Waals surface area contributed by atoms with E-state index in [1.165, 1.54) is 24.0 Å². The number of allylic oxidation sites excluding steroid dienone is 1. The molecular formula is C23H30O2. The van der Waals surface area contributed by atoms with Gasteiger partial charge in [0, 0.05) is 17.9 Å². The van der Waals surface area contributed by atoms with Crippen molar-refractivity contribution in [1.82, 2.24) is 0 Å². The van der Waals surface area contributed by atoms with E-state index in [9.17, 15) is 5.11 Å². The van der Waals surface area contributed by atoms with E-state index >= 15 is 0 Å². The fourth-order valence-corrected chi connectivity index (χ4v) is 4.21. The van der Waals surface area contributed by atoms with Crippen LogP contribution in [0.4, 0.5) is 0 Å². The first-order chi connectivity index (χ1) is 12.2. The summed E-state index contributed by atoms with van der Waals surface area (Å²) in [5.41, 5.74) is 2.76. The number of rotatable bonds is 7. The van der Waals surface area contributed by atoms with Crippen LogP contribution in [0.15, 0.2) is 30.4 Å². The van der Waals surface area contributed by atoms with E-state index in [-0.39, 0.29) is 0 Å². The van der Waals surface area contributed by atoms with Gasteiger partial charge >= 0.3 is 0 Å². The van der Waals surface area contributed by atoms with Gasteiger partial charge in [-0.1, -0.05) is 43.7 Å². The lowest BCUT2D eigenvalue weighted by Gasteiger charge is -2.15. The number of unbranched alkanes of at least 4 members (excludes halogenated alkanes) is 1. The predicted octanol–water partition coefficient (Wildman–Crippen LogP) is 5.00. The zero-order valence-corrected chi connectivity index (χ0v) is 15.5. The second kappa shape index (κ2) is 8.59. The van der Waals surface area contributed by atoms with Crippen LogP contribution in [0.5, 0.6) is 5.75 Å². The first-order valence-electron chi connectivity index (χ1n) is 9.79. The van der Waals surface area contributed by atoms with Crippen molar-refractivity contribution < 1.29 is 9.84 Å². The lowest BCUT2D eigenvalue weighted by atomic mass is 9.87. The quantitative estimate of drug-likeness (QED) is 0.560. The average Bonchev–Trinajstić information content (AvgIpc) is 3.18. The van der Waals surface area contributed by atoms with Gasteiger partial charge in [0.2, 0.25) is 0 Å². The molecule has 25 heavy (non-hydrogen) atoms. The Kier molecular flexibility index (Phi) is 6.21. The molecule has 0 amide bonds. The highest BCUT2D eigenvalue weighted by Crippen LogP contribution is 2.51. The number of aryl methyl sites for hydroxylation is 1. The van der Waals surface area contributed by atoms with Gasteiger partial charge in [0.05, 0.1) is 6.10 Å². The minimum Gasteiger partial charge on any atom is -0.489 e. The summed E-state index contributed by atoms with van der Waals surface area (Å²) < 4.78 is 6.36. The van der Waals surface area contributed by atoms with Gasteiger partial charge in [0.25, 0.3) is 0 Å². The molecule has 1 aliphatic heterocycles. The molecule has 1 aliphatic carbocycles. The molecular weight excluding hydrogens is 308 g/mol. The lowest BCUT2D eigenvalue weighted by Crippen LogP contribution is -2.15. The maximum atomic E-state index is 10.1. The second-order valence-corrected chi connectivity index (χ2v) is 7.28. The van der Waals surface area contributed by atoms with Crippen LogP contribution < -0.4 is 4.74 Å². The lowest BCUT2D eigenvalue weighted by molar-refractivity contribution is 0.212.